The topological polar surface area (TPSA) is 12.5 Å². The minimum Gasteiger partial charge on any atom is -0.380 e. The molecule has 2 rings (SSSR count). The zero-order valence-electron chi connectivity index (χ0n) is 11.6. The van der Waals surface area contributed by atoms with E-state index in [-0.39, 0.29) is 0 Å². The first kappa shape index (κ1) is 15.3. The monoisotopic (exact) mass is 287 g/mol. The second kappa shape index (κ2) is 6.59. The molecule has 0 saturated carbocycles. The van der Waals surface area contributed by atoms with Gasteiger partial charge in [-0.3, -0.25) is 4.90 Å². The van der Waals surface area contributed by atoms with E-state index >= 15 is 0 Å². The van der Waals surface area contributed by atoms with Crippen LogP contribution >= 0.6 is 0 Å². The number of halogens is 3. The average Bonchev–Trinajstić information content (AvgIpc) is 2.39. The summed E-state index contributed by atoms with van der Waals surface area (Å²) in [5.74, 6) is 0.371. The third-order valence-corrected chi connectivity index (χ3v) is 3.75. The molecule has 0 atom stereocenters. The Labute approximate surface area is 117 Å². The van der Waals surface area contributed by atoms with E-state index < -0.39 is 12.7 Å². The van der Waals surface area contributed by atoms with Gasteiger partial charge in [-0.1, -0.05) is 24.3 Å². The van der Waals surface area contributed by atoms with Crippen LogP contribution in [0.4, 0.5) is 13.2 Å². The maximum absolute atomic E-state index is 12.3. The Bertz CT molecular complexity index is 408. The number of methoxy groups -OCH3 is 1. The molecule has 0 aliphatic carbocycles. The fourth-order valence-corrected chi connectivity index (χ4v) is 2.73. The predicted octanol–water partition coefficient (Wildman–Crippen LogP) is 3.57. The molecule has 0 aromatic heterocycles. The van der Waals surface area contributed by atoms with E-state index in [9.17, 15) is 13.2 Å². The molecule has 0 amide bonds. The van der Waals surface area contributed by atoms with E-state index in [2.05, 4.69) is 12.1 Å². The number of benzene rings is 1. The molecule has 1 aliphatic heterocycles. The number of piperidine rings is 1. The van der Waals surface area contributed by atoms with Crippen LogP contribution < -0.4 is 0 Å². The largest absolute Gasteiger partial charge is 0.401 e. The first-order valence-electron chi connectivity index (χ1n) is 6.85. The molecule has 0 spiro atoms. The molecular weight excluding hydrogens is 267 g/mol. The van der Waals surface area contributed by atoms with Crippen molar-refractivity contribution in [3.63, 3.8) is 0 Å². The number of hydrogen-bond donors (Lipinski definition) is 0. The number of likely N-dealkylation sites (tertiary alicyclic amines) is 1. The van der Waals surface area contributed by atoms with Crippen LogP contribution in [0.15, 0.2) is 24.3 Å². The Morgan fingerprint density at radius 2 is 1.75 bits per heavy atom. The first-order valence-corrected chi connectivity index (χ1v) is 6.85. The summed E-state index contributed by atoms with van der Waals surface area (Å²) in [4.78, 5) is 1.50. The zero-order valence-corrected chi connectivity index (χ0v) is 11.6. The lowest BCUT2D eigenvalue weighted by molar-refractivity contribution is -0.147. The number of rotatable bonds is 4. The summed E-state index contributed by atoms with van der Waals surface area (Å²) < 4.78 is 42.0. The molecule has 1 aromatic carbocycles. The number of alkyl halides is 3. The number of nitrogens with zero attached hydrogens (tertiary/aromatic N) is 1. The highest BCUT2D eigenvalue weighted by molar-refractivity contribution is 5.25. The number of hydrogen-bond acceptors (Lipinski definition) is 2. The molecule has 0 radical (unpaired) electrons. The van der Waals surface area contributed by atoms with Crippen LogP contribution in [0.25, 0.3) is 0 Å². The fourth-order valence-electron chi connectivity index (χ4n) is 2.73. The van der Waals surface area contributed by atoms with Gasteiger partial charge in [0.1, 0.15) is 0 Å². The van der Waals surface area contributed by atoms with Crippen LogP contribution in [-0.2, 0) is 11.3 Å². The lowest BCUT2D eigenvalue weighted by Crippen LogP contribution is -2.39. The van der Waals surface area contributed by atoms with Crippen molar-refractivity contribution >= 4 is 0 Å². The minimum absolute atomic E-state index is 0.371. The van der Waals surface area contributed by atoms with E-state index in [1.807, 2.05) is 12.1 Å². The predicted molar refractivity (Wildman–Crippen MR) is 71.6 cm³/mol. The van der Waals surface area contributed by atoms with Crippen LogP contribution in [-0.4, -0.2) is 37.8 Å². The SMILES string of the molecule is COCc1ccc(C2CCN(CC(F)(F)F)CC2)cc1. The van der Waals surface area contributed by atoms with Crippen molar-refractivity contribution < 1.29 is 17.9 Å². The van der Waals surface area contributed by atoms with Gasteiger partial charge in [0.15, 0.2) is 0 Å². The van der Waals surface area contributed by atoms with E-state index in [1.165, 1.54) is 10.5 Å². The second-order valence-corrected chi connectivity index (χ2v) is 5.34. The van der Waals surface area contributed by atoms with Crippen molar-refractivity contribution in [3.8, 4) is 0 Å². The normalized spacial score (nSPS) is 18.4. The standard InChI is InChI=1S/C15H20F3NO/c1-20-10-12-2-4-13(5-3-12)14-6-8-19(9-7-14)11-15(16,17)18/h2-5,14H,6-11H2,1H3. The van der Waals surface area contributed by atoms with Gasteiger partial charge in [-0.15, -0.1) is 0 Å². The Morgan fingerprint density at radius 3 is 2.25 bits per heavy atom. The lowest BCUT2D eigenvalue weighted by Gasteiger charge is -2.32. The Balaban J connectivity index is 1.87. The van der Waals surface area contributed by atoms with Crippen molar-refractivity contribution in [2.75, 3.05) is 26.7 Å². The summed E-state index contributed by atoms with van der Waals surface area (Å²) in [6.45, 7) is 0.838. The summed E-state index contributed by atoms with van der Waals surface area (Å²) in [5, 5.41) is 0. The van der Waals surface area contributed by atoms with E-state index in [4.69, 9.17) is 4.74 Å². The van der Waals surface area contributed by atoms with Crippen LogP contribution in [0.3, 0.4) is 0 Å². The maximum Gasteiger partial charge on any atom is 0.401 e. The van der Waals surface area contributed by atoms with Gasteiger partial charge in [0.25, 0.3) is 0 Å². The molecule has 0 bridgehead atoms. The summed E-state index contributed by atoms with van der Waals surface area (Å²) in [5.41, 5.74) is 2.34. The molecule has 1 aromatic rings. The highest BCUT2D eigenvalue weighted by Crippen LogP contribution is 2.29. The molecule has 1 aliphatic rings. The number of ether oxygens (including phenoxy) is 1. The van der Waals surface area contributed by atoms with E-state index in [0.29, 0.717) is 25.6 Å². The van der Waals surface area contributed by atoms with Crippen LogP contribution in [0.5, 0.6) is 0 Å². The van der Waals surface area contributed by atoms with E-state index in [1.54, 1.807) is 7.11 Å². The van der Waals surface area contributed by atoms with Gasteiger partial charge in [-0.05, 0) is 43.0 Å². The molecule has 112 valence electrons. The minimum atomic E-state index is -4.09. The molecule has 0 unspecified atom stereocenters. The van der Waals surface area contributed by atoms with Gasteiger partial charge in [0.2, 0.25) is 0 Å². The molecular formula is C15H20F3NO. The smallest absolute Gasteiger partial charge is 0.380 e. The lowest BCUT2D eigenvalue weighted by atomic mass is 9.89. The summed E-state index contributed by atoms with van der Waals surface area (Å²) in [6.07, 6.45) is -2.51. The molecule has 1 heterocycles. The van der Waals surface area contributed by atoms with Gasteiger partial charge < -0.3 is 4.74 Å². The highest BCUT2D eigenvalue weighted by Gasteiger charge is 2.32. The van der Waals surface area contributed by atoms with Crippen molar-refractivity contribution in [2.24, 2.45) is 0 Å². The first-order chi connectivity index (χ1) is 9.48. The van der Waals surface area contributed by atoms with Gasteiger partial charge in [0, 0.05) is 7.11 Å². The van der Waals surface area contributed by atoms with Gasteiger partial charge in [0.05, 0.1) is 13.2 Å². The Hall–Kier alpha value is -1.07. The third-order valence-electron chi connectivity index (χ3n) is 3.75. The van der Waals surface area contributed by atoms with Crippen molar-refractivity contribution in [1.82, 2.24) is 4.90 Å². The van der Waals surface area contributed by atoms with Crippen molar-refractivity contribution in [3.05, 3.63) is 35.4 Å². The van der Waals surface area contributed by atoms with Gasteiger partial charge in [-0.2, -0.15) is 13.2 Å². The molecule has 1 fully saturated rings. The summed E-state index contributed by atoms with van der Waals surface area (Å²) in [6, 6.07) is 8.19. The van der Waals surface area contributed by atoms with Crippen LogP contribution in [0.2, 0.25) is 0 Å². The molecule has 5 heteroatoms. The molecule has 20 heavy (non-hydrogen) atoms. The molecule has 0 N–H and O–H groups in total. The van der Waals surface area contributed by atoms with E-state index in [0.717, 1.165) is 18.4 Å². The Kier molecular flexibility index (Phi) is 5.05. The average molecular weight is 287 g/mol. The van der Waals surface area contributed by atoms with Crippen molar-refractivity contribution in [1.29, 1.82) is 0 Å². The second-order valence-electron chi connectivity index (χ2n) is 5.34. The molecule has 2 nitrogen and oxygen atoms in total. The zero-order chi connectivity index (χ0) is 14.6. The van der Waals surface area contributed by atoms with Crippen LogP contribution in [0.1, 0.15) is 29.9 Å². The maximum atomic E-state index is 12.3. The van der Waals surface area contributed by atoms with Crippen LogP contribution in [0, 0.1) is 0 Å². The van der Waals surface area contributed by atoms with Gasteiger partial charge >= 0.3 is 6.18 Å². The quantitative estimate of drug-likeness (QED) is 0.839. The summed E-state index contributed by atoms with van der Waals surface area (Å²) in [7, 11) is 1.66. The Morgan fingerprint density at radius 1 is 1.15 bits per heavy atom. The fraction of sp³-hybridized carbons (Fsp3) is 0.600. The van der Waals surface area contributed by atoms with Gasteiger partial charge in [-0.25, -0.2) is 0 Å². The van der Waals surface area contributed by atoms with Crippen molar-refractivity contribution in [2.45, 2.75) is 31.5 Å². The molecule has 1 saturated heterocycles. The highest BCUT2D eigenvalue weighted by atomic mass is 19.4. The summed E-state index contributed by atoms with van der Waals surface area (Å²) >= 11 is 0. The third kappa shape index (κ3) is 4.49.